The van der Waals surface area contributed by atoms with Gasteiger partial charge in [-0.3, -0.25) is 14.4 Å². The molecule has 0 rings (SSSR count). The van der Waals surface area contributed by atoms with E-state index in [1.165, 1.54) is 231 Å². The zero-order chi connectivity index (χ0) is 58.5. The van der Waals surface area contributed by atoms with E-state index in [1.807, 2.05) is 0 Å². The molecule has 472 valence electrons. The summed E-state index contributed by atoms with van der Waals surface area (Å²) in [7, 11) is 0. The van der Waals surface area contributed by atoms with Crippen molar-refractivity contribution in [2.75, 3.05) is 13.2 Å². The van der Waals surface area contributed by atoms with Gasteiger partial charge in [0.2, 0.25) is 0 Å². The quantitative estimate of drug-likeness (QED) is 0.0261. The van der Waals surface area contributed by atoms with Gasteiger partial charge in [0, 0.05) is 19.3 Å². The SMILES string of the molecule is CC/C=C\C/C=C\C/C=C\C/C=C\C/C=C\CCCCCCCC(=O)OC(COC(=O)CCCCCCCCCCCCCCCC)COC(=O)CCCCCCCCCCCCCCCCCCCCCCCCCCCCCC. The van der Waals surface area contributed by atoms with Crippen molar-refractivity contribution in [2.45, 2.75) is 386 Å². The molecule has 0 fully saturated rings. The minimum Gasteiger partial charge on any atom is -0.462 e. The Morgan fingerprint density at radius 3 is 0.753 bits per heavy atom. The first-order valence-electron chi connectivity index (χ1n) is 35.8. The van der Waals surface area contributed by atoms with E-state index in [9.17, 15) is 14.4 Å². The number of hydrogen-bond acceptors (Lipinski definition) is 6. The van der Waals surface area contributed by atoms with Gasteiger partial charge in [-0.1, -0.05) is 358 Å². The zero-order valence-corrected chi connectivity index (χ0v) is 54.3. The lowest BCUT2D eigenvalue weighted by Crippen LogP contribution is -2.30. The normalized spacial score (nSPS) is 12.4. The number of allylic oxidation sites excluding steroid dienone is 10. The number of carbonyl (C=O) groups excluding carboxylic acids is 3. The Bertz CT molecular complexity index is 1440. The summed E-state index contributed by atoms with van der Waals surface area (Å²) in [5, 5.41) is 0. The number of hydrogen-bond donors (Lipinski definition) is 0. The van der Waals surface area contributed by atoms with Gasteiger partial charge < -0.3 is 14.2 Å². The van der Waals surface area contributed by atoms with Crippen molar-refractivity contribution in [3.63, 3.8) is 0 Å². The van der Waals surface area contributed by atoms with Crippen LogP contribution in [-0.2, 0) is 28.6 Å². The Morgan fingerprint density at radius 2 is 0.481 bits per heavy atom. The van der Waals surface area contributed by atoms with Crippen molar-refractivity contribution < 1.29 is 28.6 Å². The Labute approximate surface area is 504 Å². The maximum atomic E-state index is 12.9. The molecule has 0 aliphatic carbocycles. The number of esters is 3. The molecule has 0 amide bonds. The molecule has 1 unspecified atom stereocenters. The summed E-state index contributed by atoms with van der Waals surface area (Å²) in [6.07, 6.45) is 89.7. The molecule has 0 aromatic carbocycles. The van der Waals surface area contributed by atoms with Crippen LogP contribution in [0.25, 0.3) is 0 Å². The van der Waals surface area contributed by atoms with Crippen LogP contribution in [-0.4, -0.2) is 37.2 Å². The van der Waals surface area contributed by atoms with Crippen LogP contribution >= 0.6 is 0 Å². The number of unbranched alkanes of at least 4 members (excludes halogenated alkanes) is 45. The average Bonchev–Trinajstić information content (AvgIpc) is 3.47. The van der Waals surface area contributed by atoms with Crippen molar-refractivity contribution in [3.05, 3.63) is 60.8 Å². The fourth-order valence-corrected chi connectivity index (χ4v) is 10.7. The molecular weight excluding hydrogens is 997 g/mol. The van der Waals surface area contributed by atoms with E-state index < -0.39 is 6.10 Å². The molecule has 0 aromatic heterocycles. The Hall–Kier alpha value is -2.89. The lowest BCUT2D eigenvalue weighted by molar-refractivity contribution is -0.167. The highest BCUT2D eigenvalue weighted by Crippen LogP contribution is 2.19. The minimum atomic E-state index is -0.783. The third kappa shape index (κ3) is 67.8. The van der Waals surface area contributed by atoms with Gasteiger partial charge in [0.25, 0.3) is 0 Å². The van der Waals surface area contributed by atoms with Crippen molar-refractivity contribution in [1.82, 2.24) is 0 Å². The highest BCUT2D eigenvalue weighted by molar-refractivity contribution is 5.71. The molecule has 6 nitrogen and oxygen atoms in total. The molecule has 6 heteroatoms. The Kier molecular flexibility index (Phi) is 67.1. The van der Waals surface area contributed by atoms with Crippen molar-refractivity contribution in [2.24, 2.45) is 0 Å². The minimum absolute atomic E-state index is 0.0773. The average molecular weight is 1130 g/mol. The van der Waals surface area contributed by atoms with Crippen LogP contribution in [0.3, 0.4) is 0 Å². The molecule has 81 heavy (non-hydrogen) atoms. The highest BCUT2D eigenvalue weighted by Gasteiger charge is 2.19. The Balaban J connectivity index is 4.25. The van der Waals surface area contributed by atoms with Crippen molar-refractivity contribution in [1.29, 1.82) is 0 Å². The summed E-state index contributed by atoms with van der Waals surface area (Å²) in [6.45, 7) is 6.58. The molecule has 0 bridgehead atoms. The maximum Gasteiger partial charge on any atom is 0.306 e. The van der Waals surface area contributed by atoms with Crippen molar-refractivity contribution in [3.8, 4) is 0 Å². The maximum absolute atomic E-state index is 12.9. The van der Waals surface area contributed by atoms with Crippen LogP contribution in [0.4, 0.5) is 0 Å². The van der Waals surface area contributed by atoms with Gasteiger partial charge in [-0.15, -0.1) is 0 Å². The first-order chi connectivity index (χ1) is 40.0. The smallest absolute Gasteiger partial charge is 0.306 e. The lowest BCUT2D eigenvalue weighted by Gasteiger charge is -2.18. The van der Waals surface area contributed by atoms with Crippen molar-refractivity contribution >= 4 is 17.9 Å². The van der Waals surface area contributed by atoms with E-state index in [-0.39, 0.29) is 31.1 Å². The van der Waals surface area contributed by atoms with Gasteiger partial charge in [-0.25, -0.2) is 0 Å². The molecule has 0 saturated heterocycles. The summed E-state index contributed by atoms with van der Waals surface area (Å²) in [6, 6.07) is 0. The van der Waals surface area contributed by atoms with Crippen LogP contribution in [0.2, 0.25) is 0 Å². The van der Waals surface area contributed by atoms with Gasteiger partial charge in [0.1, 0.15) is 13.2 Å². The highest BCUT2D eigenvalue weighted by atomic mass is 16.6. The zero-order valence-electron chi connectivity index (χ0n) is 54.3. The molecule has 0 spiro atoms. The van der Waals surface area contributed by atoms with Gasteiger partial charge >= 0.3 is 17.9 Å². The van der Waals surface area contributed by atoms with E-state index in [1.54, 1.807) is 0 Å². The van der Waals surface area contributed by atoms with E-state index in [0.29, 0.717) is 19.3 Å². The number of ether oxygens (including phenoxy) is 3. The number of carbonyl (C=O) groups is 3. The summed E-state index contributed by atoms with van der Waals surface area (Å²) in [5.41, 5.74) is 0. The Morgan fingerprint density at radius 1 is 0.259 bits per heavy atom. The van der Waals surface area contributed by atoms with E-state index in [2.05, 4.69) is 81.5 Å². The molecule has 0 radical (unpaired) electrons. The molecule has 0 aromatic rings. The van der Waals surface area contributed by atoms with Crippen LogP contribution in [0.15, 0.2) is 60.8 Å². The van der Waals surface area contributed by atoms with Gasteiger partial charge in [0.15, 0.2) is 6.10 Å². The predicted octanol–water partition coefficient (Wildman–Crippen LogP) is 24.7. The van der Waals surface area contributed by atoms with Crippen LogP contribution < -0.4 is 0 Å². The molecule has 0 N–H and O–H groups in total. The fraction of sp³-hybridized carbons (Fsp3) is 0.827. The van der Waals surface area contributed by atoms with Gasteiger partial charge in [-0.05, 0) is 64.2 Å². The molecular formula is C75H136O6. The van der Waals surface area contributed by atoms with Crippen LogP contribution in [0.1, 0.15) is 380 Å². The van der Waals surface area contributed by atoms with Crippen LogP contribution in [0.5, 0.6) is 0 Å². The topological polar surface area (TPSA) is 78.9 Å². The monoisotopic (exact) mass is 1130 g/mol. The molecule has 0 aliphatic heterocycles. The first kappa shape index (κ1) is 78.1. The number of rotatable bonds is 66. The van der Waals surface area contributed by atoms with Gasteiger partial charge in [0.05, 0.1) is 0 Å². The molecule has 0 saturated carbocycles. The fourth-order valence-electron chi connectivity index (χ4n) is 10.7. The standard InChI is InChI=1S/C75H136O6/c1-4-7-10-13-16-19-22-25-28-30-32-34-35-36-37-38-39-40-42-43-45-47-50-53-56-59-62-65-68-74(77)80-71-72(70-79-73(76)67-64-61-58-55-52-49-27-24-21-18-15-12-9-6-3)81-75(78)69-66-63-60-57-54-51-48-46-44-41-33-31-29-26-23-20-17-14-11-8-5-2/h8,11,17,20,26,29,33,41,46,48,72H,4-7,9-10,12-16,18-19,21-25,27-28,30-32,34-40,42-45,47,49-71H2,1-3H3/b11-8-,20-17-,29-26-,41-33-,48-46-. The second-order valence-electron chi connectivity index (χ2n) is 24.1. The molecule has 0 heterocycles. The molecule has 1 atom stereocenters. The van der Waals surface area contributed by atoms with Gasteiger partial charge in [-0.2, -0.15) is 0 Å². The summed E-state index contributed by atoms with van der Waals surface area (Å²) in [4.78, 5) is 38.4. The lowest BCUT2D eigenvalue weighted by atomic mass is 10.0. The summed E-state index contributed by atoms with van der Waals surface area (Å²) >= 11 is 0. The third-order valence-electron chi connectivity index (χ3n) is 16.0. The van der Waals surface area contributed by atoms with E-state index in [4.69, 9.17) is 14.2 Å². The second kappa shape index (κ2) is 69.6. The van der Waals surface area contributed by atoms with Crippen LogP contribution in [0, 0.1) is 0 Å². The van der Waals surface area contributed by atoms with E-state index in [0.717, 1.165) is 109 Å². The molecule has 0 aliphatic rings. The first-order valence-corrected chi connectivity index (χ1v) is 35.8. The summed E-state index contributed by atoms with van der Waals surface area (Å²) < 4.78 is 17.0. The van der Waals surface area contributed by atoms with E-state index >= 15 is 0 Å². The predicted molar refractivity (Wildman–Crippen MR) is 353 cm³/mol. The summed E-state index contributed by atoms with van der Waals surface area (Å²) in [5.74, 6) is -0.871. The third-order valence-corrected chi connectivity index (χ3v) is 16.0. The largest absolute Gasteiger partial charge is 0.462 e. The second-order valence-corrected chi connectivity index (χ2v) is 24.1.